The topological polar surface area (TPSA) is 59.0 Å². The first kappa shape index (κ1) is 14.7. The second-order valence-corrected chi connectivity index (χ2v) is 6.46. The van der Waals surface area contributed by atoms with E-state index in [1.807, 2.05) is 24.0 Å². The van der Waals surface area contributed by atoms with Crippen LogP contribution in [0, 0.1) is 5.92 Å². The molecular formula is C15H18BrNO4. The predicted molar refractivity (Wildman–Crippen MR) is 80.7 cm³/mol. The minimum absolute atomic E-state index is 0.179. The van der Waals surface area contributed by atoms with Crippen molar-refractivity contribution in [1.82, 2.24) is 4.90 Å². The van der Waals surface area contributed by atoms with Crippen molar-refractivity contribution in [1.29, 1.82) is 0 Å². The highest BCUT2D eigenvalue weighted by Gasteiger charge is 2.36. The molecule has 6 heteroatoms. The maximum Gasteiger partial charge on any atom is 0.321 e. The summed E-state index contributed by atoms with van der Waals surface area (Å²) in [6.45, 7) is 4.51. The van der Waals surface area contributed by atoms with Gasteiger partial charge in [-0.05, 0) is 36.6 Å². The van der Waals surface area contributed by atoms with Gasteiger partial charge in [0, 0.05) is 11.0 Å². The van der Waals surface area contributed by atoms with E-state index in [1.54, 1.807) is 0 Å². The molecule has 1 aromatic rings. The zero-order valence-corrected chi connectivity index (χ0v) is 13.4. The number of carboxylic acids is 1. The Balaban J connectivity index is 1.83. The van der Waals surface area contributed by atoms with Crippen LogP contribution in [0.25, 0.3) is 0 Å². The number of benzene rings is 1. The van der Waals surface area contributed by atoms with E-state index in [0.717, 1.165) is 34.5 Å². The fraction of sp³-hybridized carbons (Fsp3) is 0.533. The van der Waals surface area contributed by atoms with Gasteiger partial charge in [0.15, 0.2) is 11.5 Å². The number of aliphatic carboxylic acids is 1. The van der Waals surface area contributed by atoms with E-state index in [1.165, 1.54) is 0 Å². The maximum absolute atomic E-state index is 11.4. The lowest BCUT2D eigenvalue weighted by Gasteiger charge is -2.25. The van der Waals surface area contributed by atoms with Gasteiger partial charge in [-0.1, -0.05) is 22.9 Å². The first-order valence-electron chi connectivity index (χ1n) is 7.11. The molecule has 114 valence electrons. The van der Waals surface area contributed by atoms with E-state index in [4.69, 9.17) is 9.47 Å². The molecule has 1 N–H and O–H groups in total. The summed E-state index contributed by atoms with van der Waals surface area (Å²) < 4.78 is 12.1. The highest BCUT2D eigenvalue weighted by atomic mass is 79.9. The van der Waals surface area contributed by atoms with Crippen LogP contribution in [0.2, 0.25) is 0 Å². The van der Waals surface area contributed by atoms with Gasteiger partial charge in [0.05, 0.1) is 0 Å². The molecule has 2 aliphatic rings. The molecule has 2 heterocycles. The standard InChI is InChI=1S/C15H18BrNO4/c1-9-2-3-17(14(9)15(18)19)8-10-6-12-13(7-11(10)16)21-5-4-20-12/h6-7,9,14H,2-5,8H2,1H3,(H,18,19). The van der Waals surface area contributed by atoms with E-state index in [9.17, 15) is 9.90 Å². The Hall–Kier alpha value is -1.27. The van der Waals surface area contributed by atoms with Gasteiger partial charge in [-0.2, -0.15) is 0 Å². The minimum atomic E-state index is -0.742. The van der Waals surface area contributed by atoms with E-state index in [2.05, 4.69) is 15.9 Å². The van der Waals surface area contributed by atoms with E-state index in [0.29, 0.717) is 19.8 Å². The first-order valence-corrected chi connectivity index (χ1v) is 7.90. The average Bonchev–Trinajstić information content (AvgIpc) is 2.80. The van der Waals surface area contributed by atoms with Crippen molar-refractivity contribution >= 4 is 21.9 Å². The van der Waals surface area contributed by atoms with Crippen molar-refractivity contribution in [2.24, 2.45) is 5.92 Å². The summed E-state index contributed by atoms with van der Waals surface area (Å²) in [7, 11) is 0. The Morgan fingerprint density at radius 1 is 1.38 bits per heavy atom. The summed E-state index contributed by atoms with van der Waals surface area (Å²) in [5.41, 5.74) is 1.03. The van der Waals surface area contributed by atoms with E-state index in [-0.39, 0.29) is 5.92 Å². The van der Waals surface area contributed by atoms with Crippen LogP contribution in [0.5, 0.6) is 11.5 Å². The van der Waals surface area contributed by atoms with Crippen LogP contribution in [0.1, 0.15) is 18.9 Å². The lowest BCUT2D eigenvalue weighted by molar-refractivity contribution is -0.143. The number of nitrogens with zero attached hydrogens (tertiary/aromatic N) is 1. The monoisotopic (exact) mass is 355 g/mol. The number of halogens is 1. The van der Waals surface area contributed by atoms with Gasteiger partial charge in [-0.25, -0.2) is 0 Å². The van der Waals surface area contributed by atoms with Crippen LogP contribution >= 0.6 is 15.9 Å². The second kappa shape index (κ2) is 5.85. The molecule has 1 saturated heterocycles. The molecule has 0 spiro atoms. The van der Waals surface area contributed by atoms with E-state index < -0.39 is 12.0 Å². The van der Waals surface area contributed by atoms with Gasteiger partial charge in [0.25, 0.3) is 0 Å². The Bertz CT molecular complexity index is 563. The van der Waals surface area contributed by atoms with Crippen molar-refractivity contribution < 1.29 is 19.4 Å². The van der Waals surface area contributed by atoms with Crippen LogP contribution < -0.4 is 9.47 Å². The van der Waals surface area contributed by atoms with Crippen molar-refractivity contribution in [3.63, 3.8) is 0 Å². The molecule has 21 heavy (non-hydrogen) atoms. The zero-order chi connectivity index (χ0) is 15.0. The second-order valence-electron chi connectivity index (χ2n) is 5.61. The van der Waals surface area contributed by atoms with Gasteiger partial charge in [0.1, 0.15) is 19.3 Å². The van der Waals surface area contributed by atoms with E-state index >= 15 is 0 Å². The number of ether oxygens (including phenoxy) is 2. The van der Waals surface area contributed by atoms with Crippen molar-refractivity contribution in [2.45, 2.75) is 25.9 Å². The molecule has 2 atom stereocenters. The highest BCUT2D eigenvalue weighted by Crippen LogP contribution is 2.37. The lowest BCUT2D eigenvalue weighted by Crippen LogP contribution is -2.38. The molecule has 0 bridgehead atoms. The van der Waals surface area contributed by atoms with Crippen LogP contribution in [0.3, 0.4) is 0 Å². The van der Waals surface area contributed by atoms with Gasteiger partial charge < -0.3 is 14.6 Å². The number of carbonyl (C=O) groups is 1. The molecule has 0 radical (unpaired) electrons. The first-order chi connectivity index (χ1) is 10.1. The number of fused-ring (bicyclic) bond motifs is 1. The summed E-state index contributed by atoms with van der Waals surface area (Å²) in [6, 6.07) is 3.43. The Labute approximate surface area is 132 Å². The van der Waals surface area contributed by atoms with Crippen LogP contribution in [0.15, 0.2) is 16.6 Å². The summed E-state index contributed by atoms with van der Waals surface area (Å²) in [4.78, 5) is 13.4. The summed E-state index contributed by atoms with van der Waals surface area (Å²) >= 11 is 3.55. The van der Waals surface area contributed by atoms with Crippen molar-refractivity contribution in [2.75, 3.05) is 19.8 Å². The maximum atomic E-state index is 11.4. The zero-order valence-electron chi connectivity index (χ0n) is 11.8. The average molecular weight is 356 g/mol. The Kier molecular flexibility index (Phi) is 4.08. The fourth-order valence-electron chi connectivity index (χ4n) is 3.05. The van der Waals surface area contributed by atoms with Gasteiger partial charge >= 0.3 is 5.97 Å². The van der Waals surface area contributed by atoms with Crippen LogP contribution in [-0.2, 0) is 11.3 Å². The summed E-state index contributed by atoms with van der Waals surface area (Å²) in [6.07, 6.45) is 0.916. The number of carboxylic acid groups (broad SMARTS) is 1. The predicted octanol–water partition coefficient (Wildman–Crippen LogP) is 2.52. The fourth-order valence-corrected chi connectivity index (χ4v) is 3.50. The Morgan fingerprint density at radius 3 is 2.71 bits per heavy atom. The summed E-state index contributed by atoms with van der Waals surface area (Å²) in [5, 5.41) is 9.40. The van der Waals surface area contributed by atoms with Gasteiger partial charge in [-0.15, -0.1) is 0 Å². The molecule has 0 amide bonds. The largest absolute Gasteiger partial charge is 0.486 e. The lowest BCUT2D eigenvalue weighted by atomic mass is 10.0. The van der Waals surface area contributed by atoms with Crippen LogP contribution in [-0.4, -0.2) is 41.8 Å². The van der Waals surface area contributed by atoms with Crippen LogP contribution in [0.4, 0.5) is 0 Å². The number of hydrogen-bond donors (Lipinski definition) is 1. The molecule has 2 aliphatic heterocycles. The molecule has 1 aromatic carbocycles. The highest BCUT2D eigenvalue weighted by molar-refractivity contribution is 9.10. The number of rotatable bonds is 3. The molecule has 3 rings (SSSR count). The SMILES string of the molecule is CC1CCN(Cc2cc3c(cc2Br)OCCO3)C1C(=O)O. The molecule has 0 saturated carbocycles. The van der Waals surface area contributed by atoms with Crippen molar-refractivity contribution in [3.8, 4) is 11.5 Å². The molecule has 5 nitrogen and oxygen atoms in total. The third kappa shape index (κ3) is 2.87. The third-order valence-electron chi connectivity index (χ3n) is 4.14. The van der Waals surface area contributed by atoms with Gasteiger partial charge in [-0.3, -0.25) is 9.69 Å². The summed E-state index contributed by atoms with van der Waals surface area (Å²) in [5.74, 6) is 0.909. The molecule has 1 fully saturated rings. The molecular weight excluding hydrogens is 338 g/mol. The molecule has 2 unspecified atom stereocenters. The minimum Gasteiger partial charge on any atom is -0.486 e. The van der Waals surface area contributed by atoms with Crippen molar-refractivity contribution in [3.05, 3.63) is 22.2 Å². The molecule has 0 aliphatic carbocycles. The number of likely N-dealkylation sites (tertiary alicyclic amines) is 1. The van der Waals surface area contributed by atoms with Gasteiger partial charge in [0.2, 0.25) is 0 Å². The smallest absolute Gasteiger partial charge is 0.321 e. The number of hydrogen-bond acceptors (Lipinski definition) is 4. The third-order valence-corrected chi connectivity index (χ3v) is 4.88. The normalized spacial score (nSPS) is 25.0. The molecule has 0 aromatic heterocycles. The Morgan fingerprint density at radius 2 is 2.05 bits per heavy atom. The quantitative estimate of drug-likeness (QED) is 0.902.